The molecule has 0 radical (unpaired) electrons. The van der Waals surface area contributed by atoms with Crippen LogP contribution in [0.5, 0.6) is 0 Å². The van der Waals surface area contributed by atoms with E-state index in [2.05, 4.69) is 11.4 Å². The van der Waals surface area contributed by atoms with Gasteiger partial charge in [-0.25, -0.2) is 4.57 Å². The van der Waals surface area contributed by atoms with E-state index >= 15 is 0 Å². The van der Waals surface area contributed by atoms with Gasteiger partial charge in [0.1, 0.15) is 6.61 Å². The van der Waals surface area contributed by atoms with Gasteiger partial charge >= 0.3 is 19.8 Å². The minimum atomic E-state index is -4.72. The first-order valence-electron chi connectivity index (χ1n) is 23.8. The monoisotopic (exact) mass is 803 g/mol. The molecule has 0 aliphatic carbocycles. The van der Waals surface area contributed by atoms with Gasteiger partial charge in [-0.3, -0.25) is 14.1 Å². The van der Waals surface area contributed by atoms with Crippen molar-refractivity contribution in [1.82, 2.24) is 0 Å². The molecule has 0 aromatic carbocycles. The molecular formula is C46H91O8P. The molecule has 8 nitrogen and oxygen atoms in total. The Morgan fingerprint density at radius 1 is 0.400 bits per heavy atom. The van der Waals surface area contributed by atoms with Crippen LogP contribution in [-0.2, 0) is 28.2 Å². The predicted molar refractivity (Wildman–Crippen MR) is 230 cm³/mol. The topological polar surface area (TPSA) is 119 Å². The van der Waals surface area contributed by atoms with Gasteiger partial charge in [0, 0.05) is 12.8 Å². The van der Waals surface area contributed by atoms with Gasteiger partial charge in [0.25, 0.3) is 0 Å². The molecule has 0 aliphatic rings. The third-order valence-electron chi connectivity index (χ3n) is 10.8. The molecule has 0 amide bonds. The van der Waals surface area contributed by atoms with Gasteiger partial charge in [-0.05, 0) is 12.8 Å². The van der Waals surface area contributed by atoms with Crippen molar-refractivity contribution >= 4 is 19.8 Å². The molecule has 0 unspecified atom stereocenters. The number of hydrogen-bond acceptors (Lipinski definition) is 6. The van der Waals surface area contributed by atoms with Gasteiger partial charge in [-0.1, -0.05) is 239 Å². The van der Waals surface area contributed by atoms with Gasteiger partial charge in [0.05, 0.1) is 6.61 Å². The van der Waals surface area contributed by atoms with Crippen LogP contribution in [0, 0.1) is 0 Å². The lowest BCUT2D eigenvalue weighted by atomic mass is 10.0. The summed E-state index contributed by atoms with van der Waals surface area (Å²) in [4.78, 5) is 41.6. The highest BCUT2D eigenvalue weighted by atomic mass is 31.2. The van der Waals surface area contributed by atoms with E-state index in [1.54, 1.807) is 0 Å². The Kier molecular flexibility index (Phi) is 41.9. The summed E-state index contributed by atoms with van der Waals surface area (Å²) >= 11 is 0. The standard InChI is InChI=1S/C46H91O8P/c1-3-5-6-7-8-9-10-11-12-13-14-15-16-17-18-19-20-21-22-23-24-25-26-27-28-29-30-31-32-33-34-35-36-37-38-39-41-45(47)52-42-44(43-53-55(49,50)51)54-46(48)40-4-2/h44H,3-43H2,1-2H3,(H2,49,50,51)/t44-/m1/s1. The molecule has 0 heterocycles. The van der Waals surface area contributed by atoms with Gasteiger partial charge in [-0.2, -0.15) is 0 Å². The number of carbonyl (C=O) groups is 2. The molecule has 0 saturated heterocycles. The maximum absolute atomic E-state index is 12.1. The summed E-state index contributed by atoms with van der Waals surface area (Å²) < 4.78 is 25.7. The second-order valence-electron chi connectivity index (χ2n) is 16.5. The second-order valence-corrected chi connectivity index (χ2v) is 17.7. The molecule has 55 heavy (non-hydrogen) atoms. The van der Waals surface area contributed by atoms with Crippen LogP contribution in [-0.4, -0.2) is 41.0 Å². The summed E-state index contributed by atoms with van der Waals surface area (Å²) in [5.74, 6) is -0.932. The molecule has 0 saturated carbocycles. The zero-order valence-electron chi connectivity index (χ0n) is 36.4. The zero-order valence-corrected chi connectivity index (χ0v) is 37.3. The number of carbonyl (C=O) groups excluding carboxylic acids is 2. The van der Waals surface area contributed by atoms with Crippen molar-refractivity contribution in [3.8, 4) is 0 Å². The Bertz CT molecular complexity index is 863. The summed E-state index contributed by atoms with van der Waals surface area (Å²) in [6, 6.07) is 0. The lowest BCUT2D eigenvalue weighted by Crippen LogP contribution is -2.29. The van der Waals surface area contributed by atoms with E-state index in [4.69, 9.17) is 19.3 Å². The van der Waals surface area contributed by atoms with Gasteiger partial charge < -0.3 is 19.3 Å². The zero-order chi connectivity index (χ0) is 40.3. The molecule has 0 aliphatic heterocycles. The molecule has 0 aromatic heterocycles. The van der Waals surface area contributed by atoms with E-state index in [1.165, 1.54) is 212 Å². The number of phosphoric ester groups is 1. The minimum absolute atomic E-state index is 0.167. The van der Waals surface area contributed by atoms with Crippen LogP contribution in [0.3, 0.4) is 0 Å². The van der Waals surface area contributed by atoms with Crippen LogP contribution in [0.2, 0.25) is 0 Å². The molecule has 0 aromatic rings. The average Bonchev–Trinajstić information content (AvgIpc) is 3.15. The number of phosphoric acid groups is 1. The van der Waals surface area contributed by atoms with E-state index in [-0.39, 0.29) is 19.4 Å². The first-order chi connectivity index (χ1) is 26.8. The summed E-state index contributed by atoms with van der Waals surface area (Å²) in [7, 11) is -4.72. The fourth-order valence-corrected chi connectivity index (χ4v) is 7.72. The number of unbranched alkanes of at least 4 members (excludes halogenated alkanes) is 35. The van der Waals surface area contributed by atoms with Crippen molar-refractivity contribution in [2.75, 3.05) is 13.2 Å². The highest BCUT2D eigenvalue weighted by molar-refractivity contribution is 7.46. The molecule has 0 spiro atoms. The first kappa shape index (κ1) is 54.0. The van der Waals surface area contributed by atoms with Crippen molar-refractivity contribution < 1.29 is 37.9 Å². The van der Waals surface area contributed by atoms with Crippen molar-refractivity contribution in [3.63, 3.8) is 0 Å². The van der Waals surface area contributed by atoms with Gasteiger partial charge in [0.15, 0.2) is 6.10 Å². The van der Waals surface area contributed by atoms with Crippen LogP contribution < -0.4 is 0 Å². The molecule has 0 fully saturated rings. The largest absolute Gasteiger partial charge is 0.469 e. The van der Waals surface area contributed by atoms with Crippen molar-refractivity contribution in [3.05, 3.63) is 0 Å². The van der Waals surface area contributed by atoms with Crippen molar-refractivity contribution in [2.45, 2.75) is 270 Å². The normalized spacial score (nSPS) is 12.3. The van der Waals surface area contributed by atoms with Crippen LogP contribution in [0.1, 0.15) is 264 Å². The van der Waals surface area contributed by atoms with Gasteiger partial charge in [0.2, 0.25) is 0 Å². The Morgan fingerprint density at radius 3 is 0.964 bits per heavy atom. The van der Waals surface area contributed by atoms with E-state index in [0.29, 0.717) is 6.42 Å². The highest BCUT2D eigenvalue weighted by Crippen LogP contribution is 2.36. The molecule has 0 bridgehead atoms. The predicted octanol–water partition coefficient (Wildman–Crippen LogP) is 14.8. The summed E-state index contributed by atoms with van der Waals surface area (Å²) in [6.07, 6.45) is 49.5. The Labute approximate surface area is 340 Å². The van der Waals surface area contributed by atoms with Crippen LogP contribution in [0.15, 0.2) is 0 Å². The van der Waals surface area contributed by atoms with E-state index in [1.807, 2.05) is 6.92 Å². The number of hydrogen-bond donors (Lipinski definition) is 2. The van der Waals surface area contributed by atoms with E-state index in [9.17, 15) is 14.2 Å². The summed E-state index contributed by atoms with van der Waals surface area (Å²) in [6.45, 7) is 3.29. The van der Waals surface area contributed by atoms with Crippen molar-refractivity contribution in [1.29, 1.82) is 0 Å². The number of rotatable bonds is 45. The Morgan fingerprint density at radius 2 is 0.691 bits per heavy atom. The number of esters is 2. The lowest BCUT2D eigenvalue weighted by Gasteiger charge is -2.18. The van der Waals surface area contributed by atoms with Crippen LogP contribution >= 0.6 is 7.82 Å². The maximum Gasteiger partial charge on any atom is 0.469 e. The molecule has 1 atom stereocenters. The third-order valence-corrected chi connectivity index (χ3v) is 11.3. The Hall–Kier alpha value is -0.950. The summed E-state index contributed by atoms with van der Waals surface area (Å²) in [5.41, 5.74) is 0. The van der Waals surface area contributed by atoms with E-state index in [0.717, 1.165) is 19.3 Å². The Balaban J connectivity index is 3.33. The average molecular weight is 803 g/mol. The van der Waals surface area contributed by atoms with Crippen LogP contribution in [0.4, 0.5) is 0 Å². The molecule has 0 rings (SSSR count). The first-order valence-corrected chi connectivity index (χ1v) is 25.4. The lowest BCUT2D eigenvalue weighted by molar-refractivity contribution is -0.161. The minimum Gasteiger partial charge on any atom is -0.462 e. The third kappa shape index (κ3) is 45.6. The molecule has 9 heteroatoms. The quantitative estimate of drug-likeness (QED) is 0.0355. The summed E-state index contributed by atoms with van der Waals surface area (Å²) in [5, 5.41) is 0. The highest BCUT2D eigenvalue weighted by Gasteiger charge is 2.22. The van der Waals surface area contributed by atoms with Crippen LogP contribution in [0.25, 0.3) is 0 Å². The van der Waals surface area contributed by atoms with Gasteiger partial charge in [-0.15, -0.1) is 0 Å². The van der Waals surface area contributed by atoms with E-state index < -0.39 is 32.5 Å². The molecule has 2 N–H and O–H groups in total. The van der Waals surface area contributed by atoms with Crippen molar-refractivity contribution in [2.24, 2.45) is 0 Å². The molecule has 328 valence electrons. The second kappa shape index (κ2) is 42.7. The fraction of sp³-hybridized carbons (Fsp3) is 0.957. The SMILES string of the molecule is CCCCCCCCCCCCCCCCCCCCCCCCCCCCCCCCCCCCCCC(=O)OC[C@H](COP(=O)(O)O)OC(=O)CCC. The number of ether oxygens (including phenoxy) is 2. The molecular weight excluding hydrogens is 711 g/mol. The fourth-order valence-electron chi connectivity index (χ4n) is 7.36. The smallest absolute Gasteiger partial charge is 0.462 e. The maximum atomic E-state index is 12.1.